The van der Waals surface area contributed by atoms with Crippen LogP contribution in [0.1, 0.15) is 10.4 Å². The largest absolute Gasteiger partial charge is 0.478 e. The van der Waals surface area contributed by atoms with Crippen LogP contribution in [0, 0.1) is 0 Å². The highest BCUT2D eigenvalue weighted by Gasteiger charge is 2.01. The molecule has 2 aromatic rings. The molecule has 88 valence electrons. The topological polar surface area (TPSA) is 55.1 Å². The second-order valence-corrected chi connectivity index (χ2v) is 4.62. The summed E-state index contributed by atoms with van der Waals surface area (Å²) in [6.45, 7) is 0.846. The lowest BCUT2D eigenvalue weighted by Crippen LogP contribution is -2.00. The Bertz CT molecular complexity index is 480. The van der Waals surface area contributed by atoms with E-state index in [1.54, 1.807) is 30.1 Å². The van der Waals surface area contributed by atoms with Gasteiger partial charge in [-0.2, -0.15) is 5.10 Å². The maximum Gasteiger partial charge on any atom is 0.335 e. The number of aromatic carboxylic acids is 1. The van der Waals surface area contributed by atoms with Crippen molar-refractivity contribution in [3.05, 3.63) is 48.3 Å². The minimum absolute atomic E-state index is 0.321. The van der Waals surface area contributed by atoms with Gasteiger partial charge in [0, 0.05) is 23.0 Å². The second kappa shape index (κ2) is 5.54. The normalized spacial score (nSPS) is 10.4. The molecule has 4 nitrogen and oxygen atoms in total. The molecule has 0 aliphatic rings. The number of aryl methyl sites for hydroxylation is 1. The molecule has 0 saturated carbocycles. The SMILES string of the molecule is O=C(O)c1ccc(SCCn2cccn2)cc1. The molecule has 0 aliphatic carbocycles. The van der Waals surface area contributed by atoms with Crippen LogP contribution in [0.15, 0.2) is 47.6 Å². The first-order valence-electron chi connectivity index (χ1n) is 5.19. The molecule has 1 aromatic carbocycles. The van der Waals surface area contributed by atoms with Crippen LogP contribution in [0.4, 0.5) is 0 Å². The quantitative estimate of drug-likeness (QED) is 0.825. The molecular formula is C12H12N2O2S. The molecule has 0 spiro atoms. The van der Waals surface area contributed by atoms with Gasteiger partial charge in [0.1, 0.15) is 0 Å². The van der Waals surface area contributed by atoms with E-state index in [9.17, 15) is 4.79 Å². The van der Waals surface area contributed by atoms with Crippen LogP contribution < -0.4 is 0 Å². The molecule has 0 amide bonds. The summed E-state index contributed by atoms with van der Waals surface area (Å²) >= 11 is 1.69. The molecule has 1 heterocycles. The lowest BCUT2D eigenvalue weighted by atomic mass is 10.2. The van der Waals surface area contributed by atoms with Crippen molar-refractivity contribution >= 4 is 17.7 Å². The van der Waals surface area contributed by atoms with Crippen molar-refractivity contribution in [3.63, 3.8) is 0 Å². The molecule has 5 heteroatoms. The molecule has 1 aromatic heterocycles. The van der Waals surface area contributed by atoms with Crippen molar-refractivity contribution in [2.75, 3.05) is 5.75 Å². The molecule has 0 bridgehead atoms. The van der Waals surface area contributed by atoms with Crippen molar-refractivity contribution in [1.29, 1.82) is 0 Å². The van der Waals surface area contributed by atoms with Crippen LogP contribution in [0.3, 0.4) is 0 Å². The van der Waals surface area contributed by atoms with E-state index in [1.165, 1.54) is 0 Å². The third kappa shape index (κ3) is 3.35. The second-order valence-electron chi connectivity index (χ2n) is 3.45. The van der Waals surface area contributed by atoms with Gasteiger partial charge in [-0.15, -0.1) is 11.8 Å². The monoisotopic (exact) mass is 248 g/mol. The average Bonchev–Trinajstić information content (AvgIpc) is 2.83. The van der Waals surface area contributed by atoms with Gasteiger partial charge in [0.2, 0.25) is 0 Å². The number of carboxylic acid groups (broad SMARTS) is 1. The zero-order valence-electron chi connectivity index (χ0n) is 9.11. The van der Waals surface area contributed by atoms with Crippen LogP contribution in [-0.4, -0.2) is 26.6 Å². The molecule has 0 fully saturated rings. The zero-order valence-corrected chi connectivity index (χ0v) is 9.93. The Labute approximate surface area is 103 Å². The molecule has 17 heavy (non-hydrogen) atoms. The minimum Gasteiger partial charge on any atom is -0.478 e. The van der Waals surface area contributed by atoms with Crippen LogP contribution >= 0.6 is 11.8 Å². The number of hydrogen-bond donors (Lipinski definition) is 1. The van der Waals surface area contributed by atoms with Gasteiger partial charge in [0.15, 0.2) is 0 Å². The summed E-state index contributed by atoms with van der Waals surface area (Å²) in [5, 5.41) is 12.9. The van der Waals surface area contributed by atoms with Gasteiger partial charge < -0.3 is 5.11 Å². The summed E-state index contributed by atoms with van der Waals surface area (Å²) < 4.78 is 1.87. The van der Waals surface area contributed by atoms with Crippen molar-refractivity contribution in [3.8, 4) is 0 Å². The first-order chi connectivity index (χ1) is 8.25. The summed E-state index contributed by atoms with van der Waals surface area (Å²) in [5.74, 6) is 0.0202. The highest BCUT2D eigenvalue weighted by Crippen LogP contribution is 2.18. The number of thioether (sulfide) groups is 1. The van der Waals surface area contributed by atoms with Crippen LogP contribution in [0.5, 0.6) is 0 Å². The number of carboxylic acids is 1. The van der Waals surface area contributed by atoms with Gasteiger partial charge in [-0.3, -0.25) is 4.68 Å². The van der Waals surface area contributed by atoms with Crippen molar-refractivity contribution in [2.24, 2.45) is 0 Å². The van der Waals surface area contributed by atoms with Gasteiger partial charge >= 0.3 is 5.97 Å². The van der Waals surface area contributed by atoms with Gasteiger partial charge in [0.05, 0.1) is 12.1 Å². The lowest BCUT2D eigenvalue weighted by molar-refractivity contribution is 0.0697. The van der Waals surface area contributed by atoms with Crippen molar-refractivity contribution in [1.82, 2.24) is 9.78 Å². The predicted octanol–water partition coefficient (Wildman–Crippen LogP) is 2.37. The first kappa shape index (κ1) is 11.7. The van der Waals surface area contributed by atoms with E-state index in [2.05, 4.69) is 5.10 Å². The smallest absolute Gasteiger partial charge is 0.335 e. The Kier molecular flexibility index (Phi) is 3.82. The highest BCUT2D eigenvalue weighted by molar-refractivity contribution is 7.99. The summed E-state index contributed by atoms with van der Waals surface area (Å²) in [4.78, 5) is 11.7. The zero-order chi connectivity index (χ0) is 12.1. The van der Waals surface area contributed by atoms with E-state index >= 15 is 0 Å². The van der Waals surface area contributed by atoms with Gasteiger partial charge in [-0.05, 0) is 30.3 Å². The Balaban J connectivity index is 1.85. The molecule has 0 radical (unpaired) electrons. The molecule has 0 aliphatic heterocycles. The van der Waals surface area contributed by atoms with Gasteiger partial charge in [-0.25, -0.2) is 4.79 Å². The summed E-state index contributed by atoms with van der Waals surface area (Å²) in [7, 11) is 0. The summed E-state index contributed by atoms with van der Waals surface area (Å²) in [6.07, 6.45) is 3.68. The first-order valence-corrected chi connectivity index (χ1v) is 6.18. The molecule has 0 saturated heterocycles. The van der Waals surface area contributed by atoms with E-state index in [-0.39, 0.29) is 0 Å². The third-order valence-electron chi connectivity index (χ3n) is 2.25. The Hall–Kier alpha value is -1.75. The highest BCUT2D eigenvalue weighted by atomic mass is 32.2. The third-order valence-corrected chi connectivity index (χ3v) is 3.24. The molecule has 0 atom stereocenters. The fourth-order valence-electron chi connectivity index (χ4n) is 1.38. The fraction of sp³-hybridized carbons (Fsp3) is 0.167. The lowest BCUT2D eigenvalue weighted by Gasteiger charge is -2.02. The van der Waals surface area contributed by atoms with E-state index < -0.39 is 5.97 Å². The Morgan fingerprint density at radius 1 is 1.35 bits per heavy atom. The molecule has 2 rings (SSSR count). The maximum atomic E-state index is 10.7. The van der Waals surface area contributed by atoms with Gasteiger partial charge in [-0.1, -0.05) is 0 Å². The number of carbonyl (C=O) groups is 1. The predicted molar refractivity (Wildman–Crippen MR) is 66.4 cm³/mol. The average molecular weight is 248 g/mol. The van der Waals surface area contributed by atoms with E-state index in [0.29, 0.717) is 5.56 Å². The molecule has 0 unspecified atom stereocenters. The Morgan fingerprint density at radius 2 is 2.12 bits per heavy atom. The van der Waals surface area contributed by atoms with Crippen molar-refractivity contribution < 1.29 is 9.90 Å². The summed E-state index contributed by atoms with van der Waals surface area (Å²) in [5.41, 5.74) is 0.321. The number of nitrogens with zero attached hydrogens (tertiary/aromatic N) is 2. The van der Waals surface area contributed by atoms with E-state index in [1.807, 2.05) is 29.1 Å². The number of benzene rings is 1. The number of aromatic nitrogens is 2. The fourth-order valence-corrected chi connectivity index (χ4v) is 2.23. The minimum atomic E-state index is -0.891. The van der Waals surface area contributed by atoms with Gasteiger partial charge in [0.25, 0.3) is 0 Å². The molecule has 1 N–H and O–H groups in total. The van der Waals surface area contributed by atoms with Crippen LogP contribution in [-0.2, 0) is 6.54 Å². The maximum absolute atomic E-state index is 10.7. The van der Waals surface area contributed by atoms with Crippen molar-refractivity contribution in [2.45, 2.75) is 11.4 Å². The standard InChI is InChI=1S/C12H12N2O2S/c15-12(16)10-2-4-11(5-3-10)17-9-8-14-7-1-6-13-14/h1-7H,8-9H2,(H,15,16). The van der Waals surface area contributed by atoms with Crippen LogP contribution in [0.2, 0.25) is 0 Å². The van der Waals surface area contributed by atoms with E-state index in [0.717, 1.165) is 17.2 Å². The van der Waals surface area contributed by atoms with E-state index in [4.69, 9.17) is 5.11 Å². The number of hydrogen-bond acceptors (Lipinski definition) is 3. The molecular weight excluding hydrogens is 236 g/mol. The van der Waals surface area contributed by atoms with Crippen LogP contribution in [0.25, 0.3) is 0 Å². The Morgan fingerprint density at radius 3 is 2.71 bits per heavy atom. The number of rotatable bonds is 5. The summed E-state index contributed by atoms with van der Waals surface area (Å²) in [6, 6.07) is 8.80.